The predicted octanol–water partition coefficient (Wildman–Crippen LogP) is 3.55. The molecular formula is C23H26N2O3. The summed E-state index contributed by atoms with van der Waals surface area (Å²) >= 11 is 0. The topological polar surface area (TPSA) is 42.0 Å². The first-order valence-electron chi connectivity index (χ1n) is 9.88. The lowest BCUT2D eigenvalue weighted by Crippen LogP contribution is -2.48. The normalized spacial score (nSPS) is 17.0. The first kappa shape index (κ1) is 18.6. The molecule has 0 saturated carbocycles. The molecule has 0 unspecified atom stereocenters. The molecule has 28 heavy (non-hydrogen) atoms. The van der Waals surface area contributed by atoms with Crippen molar-refractivity contribution in [2.24, 2.45) is 0 Å². The molecule has 2 aliphatic heterocycles. The summed E-state index contributed by atoms with van der Waals surface area (Å²) in [5, 5.41) is 0. The van der Waals surface area contributed by atoms with Crippen LogP contribution in [0.2, 0.25) is 0 Å². The largest absolute Gasteiger partial charge is 0.454 e. The molecule has 1 saturated heterocycles. The highest BCUT2D eigenvalue weighted by atomic mass is 16.7. The summed E-state index contributed by atoms with van der Waals surface area (Å²) < 4.78 is 10.8. The predicted molar refractivity (Wildman–Crippen MR) is 109 cm³/mol. The Bertz CT molecular complexity index is 855. The number of hydrogen-bond donors (Lipinski definition) is 0. The van der Waals surface area contributed by atoms with E-state index < -0.39 is 0 Å². The van der Waals surface area contributed by atoms with Crippen molar-refractivity contribution in [3.8, 4) is 11.5 Å². The van der Waals surface area contributed by atoms with Crippen molar-refractivity contribution in [1.29, 1.82) is 0 Å². The average Bonchev–Trinajstić information content (AvgIpc) is 3.21. The smallest absolute Gasteiger partial charge is 0.249 e. The quantitative estimate of drug-likeness (QED) is 0.746. The summed E-state index contributed by atoms with van der Waals surface area (Å²) in [6.07, 6.45) is 2.76. The lowest BCUT2D eigenvalue weighted by Gasteiger charge is -2.35. The molecule has 0 radical (unpaired) electrons. The maximum Gasteiger partial charge on any atom is 0.249 e. The SMILES string of the molecule is CC/C(=C\c1ccccc1)C(=O)N1CCN(Cc2ccc3c(c2)OCO3)CC1. The third kappa shape index (κ3) is 4.20. The summed E-state index contributed by atoms with van der Waals surface area (Å²) in [6.45, 7) is 6.48. The summed E-state index contributed by atoms with van der Waals surface area (Å²) in [6, 6.07) is 16.2. The molecule has 0 N–H and O–H groups in total. The molecule has 1 amide bonds. The third-order valence-electron chi connectivity index (χ3n) is 5.30. The van der Waals surface area contributed by atoms with Gasteiger partial charge in [0.15, 0.2) is 11.5 Å². The molecule has 1 fully saturated rings. The van der Waals surface area contributed by atoms with E-state index in [1.165, 1.54) is 5.56 Å². The summed E-state index contributed by atoms with van der Waals surface area (Å²) in [5.74, 6) is 1.80. The number of rotatable bonds is 5. The van der Waals surface area contributed by atoms with Crippen LogP contribution in [0.25, 0.3) is 6.08 Å². The molecule has 5 heteroatoms. The Labute approximate surface area is 166 Å². The number of benzene rings is 2. The van der Waals surface area contributed by atoms with Gasteiger partial charge in [-0.1, -0.05) is 43.3 Å². The van der Waals surface area contributed by atoms with Crippen LogP contribution in [-0.4, -0.2) is 48.7 Å². The first-order valence-corrected chi connectivity index (χ1v) is 9.88. The van der Waals surface area contributed by atoms with Crippen molar-refractivity contribution < 1.29 is 14.3 Å². The van der Waals surface area contributed by atoms with Crippen molar-refractivity contribution in [2.75, 3.05) is 33.0 Å². The molecule has 2 aliphatic rings. The van der Waals surface area contributed by atoms with Crippen LogP contribution >= 0.6 is 0 Å². The number of fused-ring (bicyclic) bond motifs is 1. The molecule has 0 spiro atoms. The van der Waals surface area contributed by atoms with Gasteiger partial charge in [-0.3, -0.25) is 9.69 Å². The third-order valence-corrected chi connectivity index (χ3v) is 5.30. The van der Waals surface area contributed by atoms with Gasteiger partial charge < -0.3 is 14.4 Å². The first-order chi connectivity index (χ1) is 13.7. The molecule has 2 aromatic rings. The second-order valence-electron chi connectivity index (χ2n) is 7.19. The minimum Gasteiger partial charge on any atom is -0.454 e. The molecule has 5 nitrogen and oxygen atoms in total. The van der Waals surface area contributed by atoms with Gasteiger partial charge in [-0.05, 0) is 35.8 Å². The van der Waals surface area contributed by atoms with Gasteiger partial charge in [0.2, 0.25) is 12.7 Å². The van der Waals surface area contributed by atoms with Gasteiger partial charge in [0, 0.05) is 38.3 Å². The number of amides is 1. The average molecular weight is 378 g/mol. The van der Waals surface area contributed by atoms with E-state index in [0.29, 0.717) is 6.79 Å². The van der Waals surface area contributed by atoms with Crippen LogP contribution in [0.4, 0.5) is 0 Å². The van der Waals surface area contributed by atoms with Crippen LogP contribution in [0.3, 0.4) is 0 Å². The second-order valence-corrected chi connectivity index (χ2v) is 7.19. The number of piperazine rings is 1. The maximum atomic E-state index is 12.9. The fraction of sp³-hybridized carbons (Fsp3) is 0.348. The Morgan fingerprint density at radius 3 is 2.50 bits per heavy atom. The highest BCUT2D eigenvalue weighted by molar-refractivity contribution is 5.97. The zero-order valence-electron chi connectivity index (χ0n) is 16.3. The molecule has 0 aromatic heterocycles. The number of nitrogens with zero attached hydrogens (tertiary/aromatic N) is 2. The maximum absolute atomic E-state index is 12.9. The molecule has 0 atom stereocenters. The minimum absolute atomic E-state index is 0.161. The van der Waals surface area contributed by atoms with E-state index in [9.17, 15) is 4.79 Å². The van der Waals surface area contributed by atoms with E-state index in [-0.39, 0.29) is 5.91 Å². The lowest BCUT2D eigenvalue weighted by atomic mass is 10.1. The van der Waals surface area contributed by atoms with Gasteiger partial charge in [-0.25, -0.2) is 0 Å². The summed E-state index contributed by atoms with van der Waals surface area (Å²) in [5.41, 5.74) is 3.16. The number of carbonyl (C=O) groups is 1. The summed E-state index contributed by atoms with van der Waals surface area (Å²) in [4.78, 5) is 17.3. The second kappa shape index (κ2) is 8.48. The highest BCUT2D eigenvalue weighted by Gasteiger charge is 2.23. The van der Waals surface area contributed by atoms with Crippen molar-refractivity contribution in [3.63, 3.8) is 0 Å². The molecule has 2 heterocycles. The van der Waals surface area contributed by atoms with E-state index in [1.54, 1.807) is 0 Å². The monoisotopic (exact) mass is 378 g/mol. The fourth-order valence-electron chi connectivity index (χ4n) is 3.68. The van der Waals surface area contributed by atoms with Crippen LogP contribution < -0.4 is 9.47 Å². The molecule has 2 aromatic carbocycles. The number of ether oxygens (including phenoxy) is 2. The van der Waals surface area contributed by atoms with E-state index in [4.69, 9.17) is 9.47 Å². The van der Waals surface area contributed by atoms with Crippen LogP contribution in [0.1, 0.15) is 24.5 Å². The lowest BCUT2D eigenvalue weighted by molar-refractivity contribution is -0.128. The molecule has 0 bridgehead atoms. The van der Waals surface area contributed by atoms with Gasteiger partial charge in [-0.2, -0.15) is 0 Å². The van der Waals surface area contributed by atoms with E-state index in [1.807, 2.05) is 54.3 Å². The molecule has 4 rings (SSSR count). The van der Waals surface area contributed by atoms with Crippen molar-refractivity contribution >= 4 is 12.0 Å². The standard InChI is InChI=1S/C23H26N2O3/c1-2-20(14-18-6-4-3-5-7-18)23(26)25-12-10-24(11-13-25)16-19-8-9-21-22(15-19)28-17-27-21/h3-9,14-15H,2,10-13,16-17H2,1H3/b20-14+. The zero-order chi connectivity index (χ0) is 19.3. The van der Waals surface area contributed by atoms with Gasteiger partial charge >= 0.3 is 0 Å². The number of carbonyl (C=O) groups excluding carboxylic acids is 1. The molecule has 0 aliphatic carbocycles. The van der Waals surface area contributed by atoms with Crippen molar-refractivity contribution in [3.05, 3.63) is 65.2 Å². The van der Waals surface area contributed by atoms with Gasteiger partial charge in [0.25, 0.3) is 0 Å². The summed E-state index contributed by atoms with van der Waals surface area (Å²) in [7, 11) is 0. The fourth-order valence-corrected chi connectivity index (χ4v) is 3.68. The van der Waals surface area contributed by atoms with Crippen LogP contribution in [0.15, 0.2) is 54.1 Å². The zero-order valence-corrected chi connectivity index (χ0v) is 16.3. The van der Waals surface area contributed by atoms with Crippen LogP contribution in [0.5, 0.6) is 11.5 Å². The van der Waals surface area contributed by atoms with E-state index >= 15 is 0 Å². The Hall–Kier alpha value is -2.79. The van der Waals surface area contributed by atoms with Gasteiger partial charge in [0.05, 0.1) is 0 Å². The Morgan fingerprint density at radius 2 is 1.75 bits per heavy atom. The Morgan fingerprint density at radius 1 is 1.00 bits per heavy atom. The van der Waals surface area contributed by atoms with Gasteiger partial charge in [-0.15, -0.1) is 0 Å². The van der Waals surface area contributed by atoms with Crippen molar-refractivity contribution in [2.45, 2.75) is 19.9 Å². The number of hydrogen-bond acceptors (Lipinski definition) is 4. The van der Waals surface area contributed by atoms with Crippen LogP contribution in [-0.2, 0) is 11.3 Å². The highest BCUT2D eigenvalue weighted by Crippen LogP contribution is 2.32. The molecular weight excluding hydrogens is 352 g/mol. The van der Waals surface area contributed by atoms with Gasteiger partial charge in [0.1, 0.15) is 0 Å². The molecule has 146 valence electrons. The van der Waals surface area contributed by atoms with Crippen LogP contribution in [0, 0.1) is 0 Å². The van der Waals surface area contributed by atoms with Crippen molar-refractivity contribution in [1.82, 2.24) is 9.80 Å². The minimum atomic E-state index is 0.161. The van der Waals surface area contributed by atoms with E-state index in [2.05, 4.69) is 17.0 Å². The van der Waals surface area contributed by atoms with E-state index in [0.717, 1.165) is 61.8 Å². The Balaban J connectivity index is 1.34. The Kier molecular flexibility index (Phi) is 5.63.